The summed E-state index contributed by atoms with van der Waals surface area (Å²) in [5.41, 5.74) is 6.92. The van der Waals surface area contributed by atoms with E-state index in [1.54, 1.807) is 0 Å². The standard InChI is InChI=1S/C21H34N4O2/c1-13(2)19-10-17(11-20-24-23-15(4)27-20)14(3)9-18(19)12-25-7-5-16(6-8-25)21(22)26/h9,13,16-19H,5-8,10-12H2,1-4H3,(H2,22,26). The molecule has 3 atom stereocenters. The summed E-state index contributed by atoms with van der Waals surface area (Å²) in [7, 11) is 0. The van der Waals surface area contributed by atoms with Gasteiger partial charge in [0, 0.05) is 25.8 Å². The van der Waals surface area contributed by atoms with Crippen LogP contribution < -0.4 is 5.73 Å². The number of hydrogen-bond acceptors (Lipinski definition) is 5. The number of primary amides is 1. The van der Waals surface area contributed by atoms with Crippen LogP contribution in [0.2, 0.25) is 0 Å². The van der Waals surface area contributed by atoms with E-state index in [1.807, 2.05) is 6.92 Å². The van der Waals surface area contributed by atoms with Crippen LogP contribution in [0.3, 0.4) is 0 Å². The van der Waals surface area contributed by atoms with E-state index in [0.717, 1.165) is 44.8 Å². The Hall–Kier alpha value is -1.69. The van der Waals surface area contributed by atoms with Crippen LogP contribution in [0.5, 0.6) is 0 Å². The van der Waals surface area contributed by atoms with E-state index in [2.05, 4.69) is 41.9 Å². The maximum atomic E-state index is 11.4. The Morgan fingerprint density at radius 1 is 1.30 bits per heavy atom. The lowest BCUT2D eigenvalue weighted by Crippen LogP contribution is -2.43. The molecule has 3 unspecified atom stereocenters. The van der Waals surface area contributed by atoms with Gasteiger partial charge in [-0.1, -0.05) is 25.5 Å². The minimum Gasteiger partial charge on any atom is -0.426 e. The molecule has 0 radical (unpaired) electrons. The van der Waals surface area contributed by atoms with Gasteiger partial charge in [-0.05, 0) is 62.9 Å². The SMILES string of the molecule is CC1=CC(CN2CCC(C(N)=O)CC2)C(C(C)C)CC1Cc1nnc(C)o1. The van der Waals surface area contributed by atoms with Gasteiger partial charge in [0.15, 0.2) is 0 Å². The molecule has 150 valence electrons. The third-order valence-electron chi connectivity index (χ3n) is 6.53. The number of carbonyl (C=O) groups excluding carboxylic acids is 1. The van der Waals surface area contributed by atoms with Gasteiger partial charge in [0.25, 0.3) is 0 Å². The predicted octanol–water partition coefficient (Wildman–Crippen LogP) is 2.97. The first kappa shape index (κ1) is 20.1. The number of hydrogen-bond donors (Lipinski definition) is 1. The summed E-state index contributed by atoms with van der Waals surface area (Å²) in [5.74, 6) is 3.64. The first-order chi connectivity index (χ1) is 12.8. The third-order valence-corrected chi connectivity index (χ3v) is 6.53. The predicted molar refractivity (Wildman–Crippen MR) is 105 cm³/mol. The molecule has 6 nitrogen and oxygen atoms in total. The fraction of sp³-hybridized carbons (Fsp3) is 0.762. The van der Waals surface area contributed by atoms with Gasteiger partial charge >= 0.3 is 0 Å². The van der Waals surface area contributed by atoms with Crippen molar-refractivity contribution in [2.24, 2.45) is 35.3 Å². The van der Waals surface area contributed by atoms with E-state index >= 15 is 0 Å². The zero-order chi connectivity index (χ0) is 19.6. The smallest absolute Gasteiger partial charge is 0.220 e. The molecular formula is C21H34N4O2. The number of nitrogens with zero attached hydrogens (tertiary/aromatic N) is 3. The van der Waals surface area contributed by atoms with Crippen LogP contribution in [0.1, 0.15) is 51.8 Å². The second kappa shape index (κ2) is 8.55. The van der Waals surface area contributed by atoms with E-state index in [1.165, 1.54) is 12.0 Å². The Bertz CT molecular complexity index is 673. The highest BCUT2D eigenvalue weighted by Crippen LogP contribution is 2.39. The summed E-state index contributed by atoms with van der Waals surface area (Å²) < 4.78 is 5.61. The van der Waals surface area contributed by atoms with Crippen molar-refractivity contribution >= 4 is 5.91 Å². The fourth-order valence-electron chi connectivity index (χ4n) is 4.81. The molecule has 1 saturated heterocycles. The van der Waals surface area contributed by atoms with E-state index in [0.29, 0.717) is 29.6 Å². The molecule has 6 heteroatoms. The van der Waals surface area contributed by atoms with Gasteiger partial charge in [0.1, 0.15) is 0 Å². The molecule has 1 aromatic rings. The lowest BCUT2D eigenvalue weighted by atomic mass is 9.69. The van der Waals surface area contributed by atoms with Gasteiger partial charge in [-0.15, -0.1) is 10.2 Å². The van der Waals surface area contributed by atoms with Crippen molar-refractivity contribution in [1.29, 1.82) is 0 Å². The Labute approximate surface area is 162 Å². The highest BCUT2D eigenvalue weighted by Gasteiger charge is 2.34. The van der Waals surface area contributed by atoms with Gasteiger partial charge in [-0.3, -0.25) is 4.79 Å². The number of allylic oxidation sites excluding steroid dienone is 1. The van der Waals surface area contributed by atoms with Gasteiger partial charge in [-0.25, -0.2) is 0 Å². The van der Waals surface area contributed by atoms with Crippen LogP contribution in [-0.4, -0.2) is 40.6 Å². The number of likely N-dealkylation sites (tertiary alicyclic amines) is 1. The second-order valence-electron chi connectivity index (χ2n) is 8.81. The van der Waals surface area contributed by atoms with E-state index < -0.39 is 0 Å². The molecule has 1 fully saturated rings. The maximum Gasteiger partial charge on any atom is 0.220 e. The minimum absolute atomic E-state index is 0.0630. The lowest BCUT2D eigenvalue weighted by molar-refractivity contribution is -0.123. The molecule has 1 aromatic heterocycles. The Balaban J connectivity index is 1.65. The molecule has 0 saturated carbocycles. The summed E-state index contributed by atoms with van der Waals surface area (Å²) in [6.07, 6.45) is 6.29. The zero-order valence-electron chi connectivity index (χ0n) is 17.1. The molecule has 1 aliphatic heterocycles. The molecule has 0 aromatic carbocycles. The molecule has 2 aliphatic rings. The first-order valence-corrected chi connectivity index (χ1v) is 10.3. The van der Waals surface area contributed by atoms with Crippen LogP contribution in [0, 0.1) is 36.5 Å². The zero-order valence-corrected chi connectivity index (χ0v) is 17.1. The second-order valence-corrected chi connectivity index (χ2v) is 8.81. The molecule has 0 bridgehead atoms. The number of rotatable bonds is 6. The quantitative estimate of drug-likeness (QED) is 0.774. The van der Waals surface area contributed by atoms with Crippen molar-refractivity contribution < 1.29 is 9.21 Å². The van der Waals surface area contributed by atoms with Crippen molar-refractivity contribution in [2.75, 3.05) is 19.6 Å². The Morgan fingerprint density at radius 3 is 2.56 bits per heavy atom. The van der Waals surface area contributed by atoms with Crippen LogP contribution in [0.25, 0.3) is 0 Å². The third kappa shape index (κ3) is 4.98. The molecule has 1 aliphatic carbocycles. The van der Waals surface area contributed by atoms with E-state index in [-0.39, 0.29) is 11.8 Å². The van der Waals surface area contributed by atoms with Gasteiger partial charge in [0.2, 0.25) is 17.7 Å². The fourth-order valence-corrected chi connectivity index (χ4v) is 4.81. The van der Waals surface area contributed by atoms with Crippen LogP contribution in [0.4, 0.5) is 0 Å². The van der Waals surface area contributed by atoms with Crippen molar-refractivity contribution in [3.05, 3.63) is 23.4 Å². The summed E-state index contributed by atoms with van der Waals surface area (Å²) in [5, 5.41) is 8.15. The average molecular weight is 375 g/mol. The topological polar surface area (TPSA) is 85.2 Å². The normalized spacial score (nSPS) is 27.7. The monoisotopic (exact) mass is 374 g/mol. The average Bonchev–Trinajstić information content (AvgIpc) is 3.02. The van der Waals surface area contributed by atoms with E-state index in [9.17, 15) is 4.79 Å². The number of carbonyl (C=O) groups is 1. The largest absolute Gasteiger partial charge is 0.426 e. The molecular weight excluding hydrogens is 340 g/mol. The minimum atomic E-state index is -0.137. The summed E-state index contributed by atoms with van der Waals surface area (Å²) in [4.78, 5) is 13.9. The van der Waals surface area contributed by atoms with Crippen molar-refractivity contribution in [3.63, 3.8) is 0 Å². The van der Waals surface area contributed by atoms with Gasteiger partial charge in [-0.2, -0.15) is 0 Å². The Morgan fingerprint density at radius 2 is 2.00 bits per heavy atom. The summed E-state index contributed by atoms with van der Waals surface area (Å²) in [6, 6.07) is 0. The van der Waals surface area contributed by atoms with Crippen molar-refractivity contribution in [3.8, 4) is 0 Å². The maximum absolute atomic E-state index is 11.4. The lowest BCUT2D eigenvalue weighted by Gasteiger charge is -2.40. The van der Waals surface area contributed by atoms with Crippen molar-refractivity contribution in [2.45, 2.75) is 53.4 Å². The van der Waals surface area contributed by atoms with Gasteiger partial charge < -0.3 is 15.1 Å². The molecule has 0 spiro atoms. The number of aromatic nitrogens is 2. The van der Waals surface area contributed by atoms with E-state index in [4.69, 9.17) is 10.2 Å². The number of nitrogens with two attached hydrogens (primary N) is 1. The number of amides is 1. The Kier molecular flexibility index (Phi) is 6.35. The first-order valence-electron chi connectivity index (χ1n) is 10.3. The molecule has 3 rings (SSSR count). The number of piperidine rings is 1. The molecule has 2 heterocycles. The van der Waals surface area contributed by atoms with Crippen LogP contribution in [-0.2, 0) is 11.2 Å². The highest BCUT2D eigenvalue weighted by atomic mass is 16.4. The summed E-state index contributed by atoms with van der Waals surface area (Å²) in [6.45, 7) is 11.8. The highest BCUT2D eigenvalue weighted by molar-refractivity contribution is 5.76. The van der Waals surface area contributed by atoms with Crippen LogP contribution in [0.15, 0.2) is 16.1 Å². The summed E-state index contributed by atoms with van der Waals surface area (Å²) >= 11 is 0. The van der Waals surface area contributed by atoms with Gasteiger partial charge in [0.05, 0.1) is 0 Å². The number of aryl methyl sites for hydroxylation is 1. The van der Waals surface area contributed by atoms with Crippen LogP contribution >= 0.6 is 0 Å². The molecule has 27 heavy (non-hydrogen) atoms. The molecule has 1 amide bonds. The van der Waals surface area contributed by atoms with Crippen molar-refractivity contribution in [1.82, 2.24) is 15.1 Å². The molecule has 2 N–H and O–H groups in total.